The van der Waals surface area contributed by atoms with Crippen molar-refractivity contribution in [1.29, 1.82) is 0 Å². The van der Waals surface area contributed by atoms with Gasteiger partial charge in [-0.25, -0.2) is 0 Å². The van der Waals surface area contributed by atoms with Crippen LogP contribution in [-0.2, 0) is 19.7 Å². The summed E-state index contributed by atoms with van der Waals surface area (Å²) in [6.07, 6.45) is 4.37. The van der Waals surface area contributed by atoms with Gasteiger partial charge in [-0.3, -0.25) is 14.4 Å². The molecule has 1 aliphatic carbocycles. The fourth-order valence-electron chi connectivity index (χ4n) is 3.35. The second-order valence-electron chi connectivity index (χ2n) is 8.61. The molecule has 2 N–H and O–H groups in total. The predicted octanol–water partition coefficient (Wildman–Crippen LogP) is 2.95. The molecule has 0 aromatic heterocycles. The quantitative estimate of drug-likeness (QED) is 0.734. The molecular formula is C22H32N2O4. The summed E-state index contributed by atoms with van der Waals surface area (Å²) < 4.78 is 4.96. The Balaban J connectivity index is 1.71. The molecule has 2 atom stereocenters. The first-order valence-electron chi connectivity index (χ1n) is 10.0. The number of amides is 2. The van der Waals surface area contributed by atoms with Gasteiger partial charge < -0.3 is 15.4 Å². The van der Waals surface area contributed by atoms with Crippen LogP contribution in [0.2, 0.25) is 0 Å². The van der Waals surface area contributed by atoms with Gasteiger partial charge in [0, 0.05) is 11.6 Å². The molecule has 6 heteroatoms. The number of carbonyl (C=O) groups is 3. The molecule has 154 valence electrons. The molecule has 6 nitrogen and oxygen atoms in total. The topological polar surface area (TPSA) is 84.5 Å². The van der Waals surface area contributed by atoms with E-state index in [1.165, 1.54) is 6.42 Å². The Hall–Kier alpha value is -2.37. The van der Waals surface area contributed by atoms with Crippen molar-refractivity contribution in [2.24, 2.45) is 5.92 Å². The Morgan fingerprint density at radius 2 is 1.71 bits per heavy atom. The van der Waals surface area contributed by atoms with Crippen molar-refractivity contribution in [3.8, 4) is 0 Å². The first-order valence-corrected chi connectivity index (χ1v) is 10.0. The normalized spacial score (nSPS) is 19.6. The SMILES string of the molecule is C[C@H]1CCCC[C@H]1NC(=O)COC(=O)CNC(=O)c1ccc(C(C)(C)C)cc1. The number of carbonyl (C=O) groups excluding carboxylic acids is 3. The van der Waals surface area contributed by atoms with Gasteiger partial charge in [-0.05, 0) is 41.9 Å². The fourth-order valence-corrected chi connectivity index (χ4v) is 3.35. The molecule has 1 aromatic carbocycles. The summed E-state index contributed by atoms with van der Waals surface area (Å²) in [4.78, 5) is 35.9. The third kappa shape index (κ3) is 6.66. The van der Waals surface area contributed by atoms with Crippen LogP contribution in [0.4, 0.5) is 0 Å². The van der Waals surface area contributed by atoms with E-state index in [9.17, 15) is 14.4 Å². The highest BCUT2D eigenvalue weighted by atomic mass is 16.5. The van der Waals surface area contributed by atoms with Crippen LogP contribution in [0.5, 0.6) is 0 Å². The Morgan fingerprint density at radius 1 is 1.07 bits per heavy atom. The number of hydrogen-bond acceptors (Lipinski definition) is 4. The summed E-state index contributed by atoms with van der Waals surface area (Å²) in [5.74, 6) is -0.835. The second-order valence-corrected chi connectivity index (χ2v) is 8.61. The number of ether oxygens (including phenoxy) is 1. The Morgan fingerprint density at radius 3 is 2.32 bits per heavy atom. The Labute approximate surface area is 167 Å². The minimum atomic E-state index is -0.633. The van der Waals surface area contributed by atoms with Crippen molar-refractivity contribution in [3.05, 3.63) is 35.4 Å². The van der Waals surface area contributed by atoms with E-state index in [-0.39, 0.29) is 36.4 Å². The Kier molecular flexibility index (Phi) is 7.61. The van der Waals surface area contributed by atoms with E-state index >= 15 is 0 Å². The fraction of sp³-hybridized carbons (Fsp3) is 0.591. The molecule has 0 saturated heterocycles. The monoisotopic (exact) mass is 388 g/mol. The van der Waals surface area contributed by atoms with Gasteiger partial charge in [0.25, 0.3) is 11.8 Å². The molecule has 1 fully saturated rings. The standard InChI is InChI=1S/C22H32N2O4/c1-15-7-5-6-8-18(15)24-19(25)14-28-20(26)13-23-21(27)16-9-11-17(12-10-16)22(2,3)4/h9-12,15,18H,5-8,13-14H2,1-4H3,(H,23,27)(H,24,25)/t15-,18+/m0/s1. The molecule has 0 spiro atoms. The van der Waals surface area contributed by atoms with E-state index in [2.05, 4.69) is 38.3 Å². The zero-order valence-electron chi connectivity index (χ0n) is 17.3. The van der Waals surface area contributed by atoms with Gasteiger partial charge >= 0.3 is 5.97 Å². The molecule has 28 heavy (non-hydrogen) atoms. The molecule has 0 bridgehead atoms. The second kappa shape index (κ2) is 9.71. The zero-order chi connectivity index (χ0) is 20.7. The average Bonchev–Trinajstić information content (AvgIpc) is 2.65. The number of benzene rings is 1. The van der Waals surface area contributed by atoms with Crippen LogP contribution < -0.4 is 10.6 Å². The van der Waals surface area contributed by atoms with E-state index in [0.29, 0.717) is 11.5 Å². The van der Waals surface area contributed by atoms with E-state index in [4.69, 9.17) is 4.74 Å². The average molecular weight is 389 g/mol. The molecular weight excluding hydrogens is 356 g/mol. The molecule has 0 aliphatic heterocycles. The first-order chi connectivity index (χ1) is 13.2. The van der Waals surface area contributed by atoms with Gasteiger partial charge in [0.05, 0.1) is 0 Å². The molecule has 0 heterocycles. The van der Waals surface area contributed by atoms with Crippen LogP contribution in [0, 0.1) is 5.92 Å². The smallest absolute Gasteiger partial charge is 0.325 e. The lowest BCUT2D eigenvalue weighted by molar-refractivity contribution is -0.147. The van der Waals surface area contributed by atoms with Crippen molar-refractivity contribution in [2.75, 3.05) is 13.2 Å². The van der Waals surface area contributed by atoms with Gasteiger partial charge in [-0.1, -0.05) is 52.7 Å². The highest BCUT2D eigenvalue weighted by Crippen LogP contribution is 2.23. The lowest BCUT2D eigenvalue weighted by Crippen LogP contribution is -2.43. The van der Waals surface area contributed by atoms with Gasteiger partial charge in [0.1, 0.15) is 6.54 Å². The van der Waals surface area contributed by atoms with Gasteiger partial charge in [0.2, 0.25) is 0 Å². The number of nitrogens with one attached hydrogen (secondary N) is 2. The summed E-state index contributed by atoms with van der Waals surface area (Å²) in [5, 5.41) is 5.45. The van der Waals surface area contributed by atoms with Gasteiger partial charge in [0.15, 0.2) is 6.61 Å². The van der Waals surface area contributed by atoms with Crippen LogP contribution >= 0.6 is 0 Å². The third-order valence-corrected chi connectivity index (χ3v) is 5.23. The minimum Gasteiger partial charge on any atom is -0.454 e. The van der Waals surface area contributed by atoms with E-state index in [1.807, 2.05) is 12.1 Å². The predicted molar refractivity (Wildman–Crippen MR) is 108 cm³/mol. The van der Waals surface area contributed by atoms with Crippen LogP contribution in [0.3, 0.4) is 0 Å². The zero-order valence-corrected chi connectivity index (χ0v) is 17.3. The Bertz CT molecular complexity index is 691. The summed E-state index contributed by atoms with van der Waals surface area (Å²) in [5.41, 5.74) is 1.61. The summed E-state index contributed by atoms with van der Waals surface area (Å²) in [7, 11) is 0. The van der Waals surface area contributed by atoms with E-state index in [0.717, 1.165) is 24.8 Å². The summed E-state index contributed by atoms with van der Waals surface area (Å²) >= 11 is 0. The lowest BCUT2D eigenvalue weighted by atomic mass is 9.86. The molecule has 1 aliphatic rings. The van der Waals surface area contributed by atoms with Crippen LogP contribution in [0.25, 0.3) is 0 Å². The minimum absolute atomic E-state index is 0.00873. The molecule has 0 unspecified atom stereocenters. The number of rotatable bonds is 6. The molecule has 1 saturated carbocycles. The largest absolute Gasteiger partial charge is 0.454 e. The van der Waals surface area contributed by atoms with Crippen LogP contribution in [0.1, 0.15) is 69.3 Å². The highest BCUT2D eigenvalue weighted by Gasteiger charge is 2.23. The highest BCUT2D eigenvalue weighted by molar-refractivity contribution is 5.96. The van der Waals surface area contributed by atoms with E-state index in [1.54, 1.807) is 12.1 Å². The molecule has 2 amide bonds. The lowest BCUT2D eigenvalue weighted by Gasteiger charge is -2.29. The number of hydrogen-bond donors (Lipinski definition) is 2. The summed E-state index contributed by atoms with van der Waals surface area (Å²) in [6.45, 7) is 7.83. The van der Waals surface area contributed by atoms with Crippen molar-refractivity contribution in [2.45, 2.75) is 64.8 Å². The summed E-state index contributed by atoms with van der Waals surface area (Å²) in [6, 6.07) is 7.43. The van der Waals surface area contributed by atoms with Crippen LogP contribution in [0.15, 0.2) is 24.3 Å². The van der Waals surface area contributed by atoms with Crippen LogP contribution in [-0.4, -0.2) is 37.0 Å². The maximum absolute atomic E-state index is 12.1. The first kappa shape index (κ1) is 21.9. The van der Waals surface area contributed by atoms with Crippen molar-refractivity contribution in [1.82, 2.24) is 10.6 Å². The molecule has 0 radical (unpaired) electrons. The van der Waals surface area contributed by atoms with Crippen molar-refractivity contribution < 1.29 is 19.1 Å². The van der Waals surface area contributed by atoms with Gasteiger partial charge in [-0.15, -0.1) is 0 Å². The molecule has 1 aromatic rings. The maximum atomic E-state index is 12.1. The maximum Gasteiger partial charge on any atom is 0.325 e. The van der Waals surface area contributed by atoms with E-state index < -0.39 is 5.97 Å². The number of esters is 1. The van der Waals surface area contributed by atoms with Crippen molar-refractivity contribution >= 4 is 17.8 Å². The third-order valence-electron chi connectivity index (χ3n) is 5.23. The van der Waals surface area contributed by atoms with Gasteiger partial charge in [-0.2, -0.15) is 0 Å². The molecule has 2 rings (SSSR count). The van der Waals surface area contributed by atoms with Crippen molar-refractivity contribution in [3.63, 3.8) is 0 Å².